The van der Waals surface area contributed by atoms with Gasteiger partial charge < -0.3 is 4.74 Å². The molecule has 9 nitrogen and oxygen atoms in total. The van der Waals surface area contributed by atoms with Crippen LogP contribution in [-0.2, 0) is 11.8 Å². The summed E-state index contributed by atoms with van der Waals surface area (Å²) in [6, 6.07) is -1.32. The van der Waals surface area contributed by atoms with Crippen LogP contribution in [0.15, 0.2) is 11.0 Å². The van der Waals surface area contributed by atoms with Crippen molar-refractivity contribution in [1.82, 2.24) is 25.1 Å². The Hall–Kier alpha value is -2.42. The predicted octanol–water partition coefficient (Wildman–Crippen LogP) is 0.0287. The standard InChI is InChI=1S/C14H21N5O4/c1-5-6-7-19-12(20)10(16-18(3)14(19)22)9-8-15-17(2)13(21)11(9)23-4/h8,10,16H,5-7H2,1-4H3. The summed E-state index contributed by atoms with van der Waals surface area (Å²) < 4.78 is 6.27. The van der Waals surface area contributed by atoms with Crippen molar-refractivity contribution in [3.63, 3.8) is 0 Å². The molecule has 0 spiro atoms. The first-order chi connectivity index (χ1) is 10.9. The Morgan fingerprint density at radius 1 is 1.30 bits per heavy atom. The lowest BCUT2D eigenvalue weighted by atomic mass is 10.1. The Morgan fingerprint density at radius 3 is 2.61 bits per heavy atom. The maximum Gasteiger partial charge on any atom is 0.340 e. The summed E-state index contributed by atoms with van der Waals surface area (Å²) in [6.07, 6.45) is 2.97. The average Bonchev–Trinajstić information content (AvgIpc) is 2.53. The average molecular weight is 323 g/mol. The number of unbranched alkanes of at least 4 members (excludes halogenated alkanes) is 1. The Morgan fingerprint density at radius 2 is 2.00 bits per heavy atom. The maximum atomic E-state index is 12.7. The summed E-state index contributed by atoms with van der Waals surface area (Å²) in [5, 5.41) is 5.17. The van der Waals surface area contributed by atoms with Crippen molar-refractivity contribution < 1.29 is 14.3 Å². The molecule has 1 saturated heterocycles. The van der Waals surface area contributed by atoms with Gasteiger partial charge in [0.1, 0.15) is 6.04 Å². The first-order valence-electron chi connectivity index (χ1n) is 7.37. The lowest BCUT2D eigenvalue weighted by molar-refractivity contribution is -0.135. The van der Waals surface area contributed by atoms with Crippen LogP contribution in [0, 0.1) is 0 Å². The van der Waals surface area contributed by atoms with Crippen LogP contribution in [0.25, 0.3) is 0 Å². The quantitative estimate of drug-likeness (QED) is 0.821. The fourth-order valence-corrected chi connectivity index (χ4v) is 2.40. The highest BCUT2D eigenvalue weighted by molar-refractivity contribution is 5.99. The van der Waals surface area contributed by atoms with E-state index < -0.39 is 23.5 Å². The summed E-state index contributed by atoms with van der Waals surface area (Å²) in [5.41, 5.74) is 2.65. The van der Waals surface area contributed by atoms with Gasteiger partial charge in [-0.1, -0.05) is 13.3 Å². The normalized spacial score (nSPS) is 18.5. The molecule has 0 radical (unpaired) electrons. The Labute approximate surface area is 133 Å². The number of hydrazine groups is 1. The number of hydrogen-bond donors (Lipinski definition) is 1. The highest BCUT2D eigenvalue weighted by Crippen LogP contribution is 2.26. The Balaban J connectivity index is 2.43. The van der Waals surface area contributed by atoms with Crippen molar-refractivity contribution in [1.29, 1.82) is 0 Å². The number of carbonyl (C=O) groups excluding carboxylic acids is 2. The summed E-state index contributed by atoms with van der Waals surface area (Å²) in [7, 11) is 4.38. The lowest BCUT2D eigenvalue weighted by Gasteiger charge is -2.37. The van der Waals surface area contributed by atoms with E-state index in [9.17, 15) is 14.4 Å². The first-order valence-corrected chi connectivity index (χ1v) is 7.37. The van der Waals surface area contributed by atoms with Crippen LogP contribution in [0.3, 0.4) is 0 Å². The van der Waals surface area contributed by atoms with Crippen LogP contribution in [0.4, 0.5) is 4.79 Å². The summed E-state index contributed by atoms with van der Waals surface area (Å²) in [5.74, 6) is -0.388. The fourth-order valence-electron chi connectivity index (χ4n) is 2.40. The topological polar surface area (TPSA) is 96.8 Å². The highest BCUT2D eigenvalue weighted by Gasteiger charge is 2.39. The van der Waals surface area contributed by atoms with Crippen molar-refractivity contribution in [3.8, 4) is 5.75 Å². The number of nitrogens with one attached hydrogen (secondary N) is 1. The van der Waals surface area contributed by atoms with Crippen molar-refractivity contribution in [2.24, 2.45) is 7.05 Å². The van der Waals surface area contributed by atoms with Crippen LogP contribution in [0.2, 0.25) is 0 Å². The Kier molecular flexibility index (Phi) is 4.99. The van der Waals surface area contributed by atoms with Crippen LogP contribution in [0.5, 0.6) is 5.75 Å². The monoisotopic (exact) mass is 323 g/mol. The van der Waals surface area contributed by atoms with Gasteiger partial charge >= 0.3 is 11.6 Å². The molecule has 23 heavy (non-hydrogen) atoms. The van der Waals surface area contributed by atoms with Gasteiger partial charge in [-0.15, -0.1) is 0 Å². The number of aryl methyl sites for hydroxylation is 1. The van der Waals surface area contributed by atoms with Gasteiger partial charge in [-0.05, 0) is 6.42 Å². The number of carbonyl (C=O) groups is 2. The number of ether oxygens (including phenoxy) is 1. The third kappa shape index (κ3) is 3.04. The molecule has 9 heteroatoms. The second kappa shape index (κ2) is 6.78. The van der Waals surface area contributed by atoms with Gasteiger partial charge in [0.2, 0.25) is 0 Å². The molecule has 0 aliphatic carbocycles. The number of methoxy groups -OCH3 is 1. The smallest absolute Gasteiger partial charge is 0.340 e. The van der Waals surface area contributed by atoms with Gasteiger partial charge in [0.05, 0.1) is 13.3 Å². The third-order valence-electron chi connectivity index (χ3n) is 3.72. The highest BCUT2D eigenvalue weighted by atomic mass is 16.5. The van der Waals surface area contributed by atoms with Crippen molar-refractivity contribution >= 4 is 11.9 Å². The molecule has 0 bridgehead atoms. The van der Waals surface area contributed by atoms with Gasteiger partial charge in [-0.2, -0.15) is 5.10 Å². The second-order valence-electron chi connectivity index (χ2n) is 5.31. The van der Waals surface area contributed by atoms with Crippen LogP contribution >= 0.6 is 0 Å². The first kappa shape index (κ1) is 16.9. The summed E-state index contributed by atoms with van der Waals surface area (Å²) in [4.78, 5) is 38.1. The summed E-state index contributed by atoms with van der Waals surface area (Å²) >= 11 is 0. The lowest BCUT2D eigenvalue weighted by Crippen LogP contribution is -2.60. The molecular weight excluding hydrogens is 302 g/mol. The number of imide groups is 1. The van der Waals surface area contributed by atoms with Gasteiger partial charge in [-0.3, -0.25) is 19.5 Å². The van der Waals surface area contributed by atoms with Crippen molar-refractivity contribution in [3.05, 3.63) is 22.1 Å². The van der Waals surface area contributed by atoms with E-state index in [1.807, 2.05) is 6.92 Å². The minimum absolute atomic E-state index is 0.0338. The van der Waals surface area contributed by atoms with E-state index >= 15 is 0 Å². The Bertz CT molecular complexity index is 672. The van der Waals surface area contributed by atoms with Crippen molar-refractivity contribution in [2.75, 3.05) is 20.7 Å². The molecule has 126 valence electrons. The van der Waals surface area contributed by atoms with Crippen LogP contribution < -0.4 is 15.7 Å². The zero-order chi connectivity index (χ0) is 17.1. The molecular formula is C14H21N5O4. The molecule has 1 N–H and O–H groups in total. The number of urea groups is 1. The van der Waals surface area contributed by atoms with Gasteiger partial charge in [0.25, 0.3) is 5.91 Å². The molecule has 1 atom stereocenters. The number of rotatable bonds is 5. The maximum absolute atomic E-state index is 12.7. The zero-order valence-corrected chi connectivity index (χ0v) is 13.7. The SMILES string of the molecule is CCCCN1C(=O)C(c2cnn(C)c(=O)c2OC)NN(C)C1=O. The largest absolute Gasteiger partial charge is 0.491 e. The van der Waals surface area contributed by atoms with E-state index in [1.165, 1.54) is 37.3 Å². The number of amides is 3. The van der Waals surface area contributed by atoms with Crippen molar-refractivity contribution in [2.45, 2.75) is 25.8 Å². The fraction of sp³-hybridized carbons (Fsp3) is 0.571. The molecule has 1 aliphatic heterocycles. The van der Waals surface area contributed by atoms with Crippen LogP contribution in [-0.4, -0.2) is 52.3 Å². The molecule has 3 amide bonds. The molecule has 0 aromatic carbocycles. The summed E-state index contributed by atoms with van der Waals surface area (Å²) in [6.45, 7) is 2.31. The van der Waals surface area contributed by atoms with E-state index in [0.29, 0.717) is 18.5 Å². The second-order valence-corrected chi connectivity index (χ2v) is 5.31. The van der Waals surface area contributed by atoms with Gasteiger partial charge in [0, 0.05) is 26.2 Å². The predicted molar refractivity (Wildman–Crippen MR) is 81.7 cm³/mol. The van der Waals surface area contributed by atoms with E-state index in [0.717, 1.165) is 11.1 Å². The number of aromatic nitrogens is 2. The van der Waals surface area contributed by atoms with E-state index in [1.54, 1.807) is 0 Å². The molecule has 2 rings (SSSR count). The minimum atomic E-state index is -0.897. The molecule has 0 saturated carbocycles. The van der Waals surface area contributed by atoms with Gasteiger partial charge in [-0.25, -0.2) is 14.9 Å². The number of nitrogens with zero attached hydrogens (tertiary/aromatic N) is 4. The number of hydrogen-bond acceptors (Lipinski definition) is 6. The molecule has 1 aliphatic rings. The molecule has 1 fully saturated rings. The van der Waals surface area contributed by atoms with E-state index in [4.69, 9.17) is 4.74 Å². The van der Waals surface area contributed by atoms with E-state index in [-0.39, 0.29) is 5.75 Å². The molecule has 1 unspecified atom stereocenters. The van der Waals surface area contributed by atoms with E-state index in [2.05, 4.69) is 10.5 Å². The minimum Gasteiger partial charge on any atom is -0.491 e. The third-order valence-corrected chi connectivity index (χ3v) is 3.72. The molecule has 1 aromatic heterocycles. The molecule has 2 heterocycles. The molecule has 1 aromatic rings. The van der Waals surface area contributed by atoms with Gasteiger partial charge in [0.15, 0.2) is 5.75 Å². The zero-order valence-electron chi connectivity index (χ0n) is 13.7. The van der Waals surface area contributed by atoms with Crippen LogP contribution in [0.1, 0.15) is 31.4 Å².